The van der Waals surface area contributed by atoms with Gasteiger partial charge in [-0.2, -0.15) is 0 Å². The number of nitrogens with one attached hydrogen (secondary N) is 2. The van der Waals surface area contributed by atoms with Gasteiger partial charge in [-0.05, 0) is 50.1 Å². The summed E-state index contributed by atoms with van der Waals surface area (Å²) in [6, 6.07) is 13.9. The zero-order valence-corrected chi connectivity index (χ0v) is 17.4. The Morgan fingerprint density at radius 2 is 1.82 bits per heavy atom. The van der Waals surface area contributed by atoms with Gasteiger partial charge in [0.1, 0.15) is 5.82 Å². The maximum absolute atomic E-state index is 13.0. The van der Waals surface area contributed by atoms with E-state index in [1.54, 1.807) is 12.1 Å². The fourth-order valence-electron chi connectivity index (χ4n) is 2.51. The second-order valence-electron chi connectivity index (χ2n) is 6.35. The number of nitrogens with zero attached hydrogens (tertiary/aromatic N) is 2. The molecule has 1 heterocycles. The van der Waals surface area contributed by atoms with Crippen molar-refractivity contribution in [3.05, 3.63) is 65.5 Å². The molecule has 2 atom stereocenters. The number of carbonyl (C=O) groups is 1. The summed E-state index contributed by atoms with van der Waals surface area (Å²) in [7, 11) is 0. The van der Waals surface area contributed by atoms with E-state index in [1.165, 1.54) is 35.2 Å². The first-order valence-corrected chi connectivity index (χ1v) is 10.5. The maximum atomic E-state index is 13.0. The number of benzene rings is 2. The van der Waals surface area contributed by atoms with Crippen LogP contribution >= 0.6 is 23.1 Å². The first-order chi connectivity index (χ1) is 13.4. The van der Waals surface area contributed by atoms with E-state index in [9.17, 15) is 9.18 Å². The van der Waals surface area contributed by atoms with Crippen LogP contribution in [0.25, 0.3) is 0 Å². The van der Waals surface area contributed by atoms with E-state index in [4.69, 9.17) is 0 Å². The molecule has 0 unspecified atom stereocenters. The average Bonchev–Trinajstić information content (AvgIpc) is 3.11. The van der Waals surface area contributed by atoms with E-state index in [0.717, 1.165) is 16.8 Å². The molecule has 8 heteroatoms. The average molecular weight is 417 g/mol. The number of para-hydroxylation sites is 1. The summed E-state index contributed by atoms with van der Waals surface area (Å²) in [4.78, 5) is 12.5. The van der Waals surface area contributed by atoms with E-state index < -0.39 is 0 Å². The number of hydrogen-bond acceptors (Lipinski definition) is 6. The molecule has 5 nitrogen and oxygen atoms in total. The summed E-state index contributed by atoms with van der Waals surface area (Å²) in [5.41, 5.74) is 2.95. The molecule has 28 heavy (non-hydrogen) atoms. The Morgan fingerprint density at radius 3 is 2.54 bits per heavy atom. The quantitative estimate of drug-likeness (QED) is 0.525. The number of hydrogen-bond donors (Lipinski definition) is 2. The molecular weight excluding hydrogens is 395 g/mol. The summed E-state index contributed by atoms with van der Waals surface area (Å²) in [5, 5.41) is 14.9. The van der Waals surface area contributed by atoms with Crippen LogP contribution in [0.2, 0.25) is 0 Å². The summed E-state index contributed by atoms with van der Waals surface area (Å²) in [5.74, 6) is -0.400. The molecule has 1 amide bonds. The number of carbonyl (C=O) groups excluding carboxylic acids is 1. The second kappa shape index (κ2) is 9.16. The van der Waals surface area contributed by atoms with Gasteiger partial charge >= 0.3 is 0 Å². The predicted molar refractivity (Wildman–Crippen MR) is 113 cm³/mol. The van der Waals surface area contributed by atoms with Crippen molar-refractivity contribution in [2.24, 2.45) is 0 Å². The third-order valence-corrected chi connectivity index (χ3v) is 6.19. The van der Waals surface area contributed by atoms with Crippen LogP contribution in [0.3, 0.4) is 0 Å². The smallest absolute Gasteiger partial charge is 0.233 e. The molecule has 0 fully saturated rings. The van der Waals surface area contributed by atoms with Crippen LogP contribution in [0.5, 0.6) is 0 Å². The monoisotopic (exact) mass is 416 g/mol. The number of thioether (sulfide) groups is 1. The van der Waals surface area contributed by atoms with Crippen molar-refractivity contribution in [1.82, 2.24) is 15.5 Å². The zero-order chi connectivity index (χ0) is 20.1. The topological polar surface area (TPSA) is 66.9 Å². The van der Waals surface area contributed by atoms with Crippen molar-refractivity contribution in [3.63, 3.8) is 0 Å². The molecule has 0 aliphatic carbocycles. The van der Waals surface area contributed by atoms with Gasteiger partial charge in [0.15, 0.2) is 4.34 Å². The molecule has 0 aliphatic heterocycles. The molecule has 1 aromatic heterocycles. The van der Waals surface area contributed by atoms with Crippen LogP contribution in [-0.2, 0) is 4.79 Å². The second-order valence-corrected chi connectivity index (χ2v) is 8.92. The molecule has 3 rings (SSSR count). The molecule has 0 aliphatic rings. The van der Waals surface area contributed by atoms with Gasteiger partial charge in [0.2, 0.25) is 11.0 Å². The highest BCUT2D eigenvalue weighted by Crippen LogP contribution is 2.31. The maximum Gasteiger partial charge on any atom is 0.233 e. The van der Waals surface area contributed by atoms with Crippen LogP contribution in [0.15, 0.2) is 52.9 Å². The lowest BCUT2D eigenvalue weighted by Crippen LogP contribution is -2.33. The fourth-order valence-corrected chi connectivity index (χ4v) is 4.42. The lowest BCUT2D eigenvalue weighted by Gasteiger charge is -2.17. The first-order valence-electron chi connectivity index (χ1n) is 8.81. The minimum Gasteiger partial charge on any atom is -0.349 e. The Bertz CT molecular complexity index is 945. The molecule has 2 N–H and O–H groups in total. The Labute approximate surface area is 171 Å². The van der Waals surface area contributed by atoms with Crippen molar-refractivity contribution < 1.29 is 9.18 Å². The lowest BCUT2D eigenvalue weighted by atomic mass is 10.1. The normalized spacial score (nSPS) is 13.0. The third kappa shape index (κ3) is 5.30. The van der Waals surface area contributed by atoms with Gasteiger partial charge in [-0.1, -0.05) is 53.4 Å². The van der Waals surface area contributed by atoms with Gasteiger partial charge in [-0.3, -0.25) is 4.79 Å². The van der Waals surface area contributed by atoms with Gasteiger partial charge in [0.25, 0.3) is 0 Å². The molecule has 2 aromatic carbocycles. The van der Waals surface area contributed by atoms with Crippen LogP contribution in [0.1, 0.15) is 31.0 Å². The lowest BCUT2D eigenvalue weighted by molar-refractivity contribution is -0.120. The van der Waals surface area contributed by atoms with Crippen molar-refractivity contribution in [1.29, 1.82) is 0 Å². The third-order valence-electron chi connectivity index (χ3n) is 4.17. The minimum absolute atomic E-state index is 0.106. The van der Waals surface area contributed by atoms with Crippen molar-refractivity contribution in [2.75, 3.05) is 5.32 Å². The highest BCUT2D eigenvalue weighted by molar-refractivity contribution is 8.02. The Morgan fingerprint density at radius 1 is 1.11 bits per heavy atom. The van der Waals surface area contributed by atoms with E-state index in [2.05, 4.69) is 20.8 Å². The van der Waals surface area contributed by atoms with Gasteiger partial charge in [0.05, 0.1) is 11.3 Å². The highest BCUT2D eigenvalue weighted by Gasteiger charge is 2.19. The van der Waals surface area contributed by atoms with Gasteiger partial charge in [-0.25, -0.2) is 4.39 Å². The largest absolute Gasteiger partial charge is 0.349 e. The van der Waals surface area contributed by atoms with Crippen molar-refractivity contribution in [2.45, 2.75) is 36.4 Å². The minimum atomic E-state index is -0.331. The Hall–Kier alpha value is -2.45. The van der Waals surface area contributed by atoms with Crippen LogP contribution in [0.4, 0.5) is 15.2 Å². The Kier molecular flexibility index (Phi) is 6.64. The van der Waals surface area contributed by atoms with Gasteiger partial charge in [0, 0.05) is 5.69 Å². The fraction of sp³-hybridized carbons (Fsp3) is 0.250. The summed E-state index contributed by atoms with van der Waals surface area (Å²) >= 11 is 2.77. The molecule has 146 valence electrons. The number of aromatic nitrogens is 2. The van der Waals surface area contributed by atoms with E-state index in [-0.39, 0.29) is 23.0 Å². The van der Waals surface area contributed by atoms with Crippen molar-refractivity contribution >= 4 is 39.8 Å². The molecular formula is C20H21FN4OS2. The van der Waals surface area contributed by atoms with Gasteiger partial charge in [-0.15, -0.1) is 10.2 Å². The SMILES string of the molecule is Cc1ccccc1Nc1nnc(S[C@@H](C)C(=O)N[C@H](C)c2ccc(F)cc2)s1. The number of aryl methyl sites for hydroxylation is 1. The van der Waals surface area contributed by atoms with Crippen LogP contribution in [0, 0.1) is 12.7 Å². The van der Waals surface area contributed by atoms with Gasteiger partial charge < -0.3 is 10.6 Å². The first kappa shape index (κ1) is 20.3. The molecule has 3 aromatic rings. The predicted octanol–water partition coefficient (Wildman–Crippen LogP) is 5.09. The zero-order valence-electron chi connectivity index (χ0n) is 15.8. The molecule has 0 bridgehead atoms. The van der Waals surface area contributed by atoms with E-state index in [0.29, 0.717) is 9.47 Å². The van der Waals surface area contributed by atoms with E-state index in [1.807, 2.05) is 45.0 Å². The summed E-state index contributed by atoms with van der Waals surface area (Å²) in [6.07, 6.45) is 0. The molecule has 0 saturated carbocycles. The summed E-state index contributed by atoms with van der Waals surface area (Å²) in [6.45, 7) is 5.72. The Balaban J connectivity index is 1.56. The van der Waals surface area contributed by atoms with Crippen LogP contribution < -0.4 is 10.6 Å². The van der Waals surface area contributed by atoms with Crippen molar-refractivity contribution in [3.8, 4) is 0 Å². The number of anilines is 2. The number of rotatable bonds is 7. The summed E-state index contributed by atoms with van der Waals surface area (Å²) < 4.78 is 13.8. The number of halogens is 1. The highest BCUT2D eigenvalue weighted by atomic mass is 32.2. The van der Waals surface area contributed by atoms with E-state index >= 15 is 0 Å². The standard InChI is InChI=1S/C20H21FN4OS2/c1-12-6-4-5-7-17(12)23-19-24-25-20(28-19)27-14(3)18(26)22-13(2)15-8-10-16(21)11-9-15/h4-11,13-14H,1-3H3,(H,22,26)(H,23,24)/t13-,14+/m1/s1. The molecule has 0 radical (unpaired) electrons. The molecule has 0 spiro atoms. The number of amides is 1. The van der Waals surface area contributed by atoms with Crippen LogP contribution in [-0.4, -0.2) is 21.4 Å². The molecule has 0 saturated heterocycles.